The number of aromatic amines is 1. The standard InChI is InChI=1S/C21H17F2N3O3/c1-10-15(22)5-6-17-19(10)20(28)14(21(29)26-17)8-18(27)25-11(2)13-4-3-12(9-24)7-16(13)23/h3-7,11H,8H2,1-2H3,(H,25,27)(H2,26,28,29)/t11-/m0/s1. The van der Waals surface area contributed by atoms with Crippen molar-refractivity contribution < 1.29 is 18.7 Å². The van der Waals surface area contributed by atoms with E-state index in [1.807, 2.05) is 6.07 Å². The first kappa shape index (κ1) is 20.0. The lowest BCUT2D eigenvalue weighted by atomic mass is 10.0. The smallest absolute Gasteiger partial charge is 0.255 e. The van der Waals surface area contributed by atoms with E-state index in [2.05, 4.69) is 10.3 Å². The van der Waals surface area contributed by atoms with E-state index in [1.165, 1.54) is 31.2 Å². The number of hydrogen-bond acceptors (Lipinski definition) is 4. The van der Waals surface area contributed by atoms with Crippen LogP contribution >= 0.6 is 0 Å². The van der Waals surface area contributed by atoms with Crippen molar-refractivity contribution in [1.82, 2.24) is 10.3 Å². The lowest BCUT2D eigenvalue weighted by Gasteiger charge is -2.16. The van der Waals surface area contributed by atoms with Gasteiger partial charge in [0.2, 0.25) is 5.91 Å². The third kappa shape index (κ3) is 3.80. The molecule has 3 aromatic rings. The maximum absolute atomic E-state index is 14.1. The van der Waals surface area contributed by atoms with Crippen molar-refractivity contribution in [2.45, 2.75) is 26.3 Å². The van der Waals surface area contributed by atoms with Crippen LogP contribution in [-0.2, 0) is 11.2 Å². The molecule has 0 aliphatic heterocycles. The molecule has 0 unspecified atom stereocenters. The zero-order chi connectivity index (χ0) is 21.3. The minimum atomic E-state index is -0.740. The molecule has 0 aliphatic carbocycles. The molecule has 1 aromatic heterocycles. The van der Waals surface area contributed by atoms with Gasteiger partial charge in [0.1, 0.15) is 17.4 Å². The van der Waals surface area contributed by atoms with Crippen LogP contribution in [0.5, 0.6) is 5.75 Å². The molecule has 3 rings (SSSR count). The zero-order valence-corrected chi connectivity index (χ0v) is 15.6. The van der Waals surface area contributed by atoms with Gasteiger partial charge in [-0.1, -0.05) is 6.07 Å². The SMILES string of the molecule is Cc1c(F)ccc2[nH]c(=O)c(CC(=O)N[C@@H](C)c3ccc(C#N)cc3F)c(O)c12. The van der Waals surface area contributed by atoms with Crippen molar-refractivity contribution in [1.29, 1.82) is 5.26 Å². The molecule has 0 saturated heterocycles. The minimum Gasteiger partial charge on any atom is -0.507 e. The predicted octanol–water partition coefficient (Wildman–Crippen LogP) is 3.11. The van der Waals surface area contributed by atoms with Crippen molar-refractivity contribution in [3.05, 3.63) is 74.6 Å². The summed E-state index contributed by atoms with van der Waals surface area (Å²) >= 11 is 0. The molecule has 0 saturated carbocycles. The van der Waals surface area contributed by atoms with Crippen LogP contribution in [0.2, 0.25) is 0 Å². The molecule has 29 heavy (non-hydrogen) atoms. The van der Waals surface area contributed by atoms with Crippen LogP contribution in [-0.4, -0.2) is 16.0 Å². The summed E-state index contributed by atoms with van der Waals surface area (Å²) in [6.45, 7) is 3.00. The summed E-state index contributed by atoms with van der Waals surface area (Å²) in [7, 11) is 0. The van der Waals surface area contributed by atoms with Crippen molar-refractivity contribution in [3.8, 4) is 11.8 Å². The number of aromatic hydroxyl groups is 1. The molecule has 3 N–H and O–H groups in total. The van der Waals surface area contributed by atoms with Gasteiger partial charge in [0.25, 0.3) is 5.56 Å². The van der Waals surface area contributed by atoms with Gasteiger partial charge in [-0.2, -0.15) is 5.26 Å². The van der Waals surface area contributed by atoms with Gasteiger partial charge < -0.3 is 15.4 Å². The van der Waals surface area contributed by atoms with Crippen LogP contribution in [0.25, 0.3) is 10.9 Å². The fourth-order valence-corrected chi connectivity index (χ4v) is 3.19. The van der Waals surface area contributed by atoms with Crippen LogP contribution in [0, 0.1) is 29.9 Å². The number of halogens is 2. The van der Waals surface area contributed by atoms with E-state index >= 15 is 0 Å². The largest absolute Gasteiger partial charge is 0.507 e. The Morgan fingerprint density at radius 1 is 1.28 bits per heavy atom. The Hall–Kier alpha value is -3.73. The fourth-order valence-electron chi connectivity index (χ4n) is 3.19. The summed E-state index contributed by atoms with van der Waals surface area (Å²) in [5.41, 5.74) is -0.161. The van der Waals surface area contributed by atoms with Crippen LogP contribution < -0.4 is 10.9 Å². The van der Waals surface area contributed by atoms with Gasteiger partial charge >= 0.3 is 0 Å². The first-order valence-electron chi connectivity index (χ1n) is 8.74. The molecule has 1 heterocycles. The lowest BCUT2D eigenvalue weighted by Crippen LogP contribution is -2.30. The molecule has 0 radical (unpaired) electrons. The van der Waals surface area contributed by atoms with Crippen molar-refractivity contribution in [2.75, 3.05) is 0 Å². The molecule has 0 fully saturated rings. The average Bonchev–Trinajstić information content (AvgIpc) is 2.67. The molecular weight excluding hydrogens is 380 g/mol. The highest BCUT2D eigenvalue weighted by Crippen LogP contribution is 2.29. The summed E-state index contributed by atoms with van der Waals surface area (Å²) in [6.07, 6.45) is -0.477. The minimum absolute atomic E-state index is 0.124. The van der Waals surface area contributed by atoms with Gasteiger partial charge in [-0.15, -0.1) is 0 Å². The molecule has 2 aromatic carbocycles. The average molecular weight is 397 g/mol. The molecule has 1 amide bonds. The number of nitrogens with zero attached hydrogens (tertiary/aromatic N) is 1. The van der Waals surface area contributed by atoms with Crippen LogP contribution in [0.15, 0.2) is 35.1 Å². The van der Waals surface area contributed by atoms with Crippen molar-refractivity contribution in [3.63, 3.8) is 0 Å². The number of carbonyl (C=O) groups excluding carboxylic acids is 1. The summed E-state index contributed by atoms with van der Waals surface area (Å²) in [5, 5.41) is 22.0. The molecule has 8 heteroatoms. The van der Waals surface area contributed by atoms with Gasteiger partial charge in [-0.05, 0) is 43.7 Å². The number of pyridine rings is 1. The topological polar surface area (TPSA) is 106 Å². The van der Waals surface area contributed by atoms with E-state index in [4.69, 9.17) is 5.26 Å². The third-order valence-corrected chi connectivity index (χ3v) is 4.75. The van der Waals surface area contributed by atoms with E-state index in [9.17, 15) is 23.5 Å². The Morgan fingerprint density at radius 3 is 2.66 bits per heavy atom. The number of nitrogens with one attached hydrogen (secondary N) is 2. The van der Waals surface area contributed by atoms with E-state index in [-0.39, 0.29) is 33.2 Å². The van der Waals surface area contributed by atoms with Crippen molar-refractivity contribution >= 4 is 16.8 Å². The summed E-state index contributed by atoms with van der Waals surface area (Å²) in [5.74, 6) is -2.29. The Labute approximate surface area is 164 Å². The van der Waals surface area contributed by atoms with Crippen LogP contribution in [0.3, 0.4) is 0 Å². The number of H-pyrrole nitrogens is 1. The number of carbonyl (C=O) groups is 1. The van der Waals surface area contributed by atoms with Gasteiger partial charge in [-0.3, -0.25) is 9.59 Å². The number of aryl methyl sites for hydroxylation is 1. The Kier molecular flexibility index (Phi) is 5.33. The van der Waals surface area contributed by atoms with E-state index in [0.717, 1.165) is 6.07 Å². The van der Waals surface area contributed by atoms with Gasteiger partial charge in [-0.25, -0.2) is 8.78 Å². The number of fused-ring (bicyclic) bond motifs is 1. The normalized spacial score (nSPS) is 11.8. The molecule has 0 spiro atoms. The number of hydrogen-bond donors (Lipinski definition) is 3. The second kappa shape index (κ2) is 7.72. The zero-order valence-electron chi connectivity index (χ0n) is 15.6. The maximum atomic E-state index is 14.1. The van der Waals surface area contributed by atoms with E-state index in [0.29, 0.717) is 0 Å². The summed E-state index contributed by atoms with van der Waals surface area (Å²) in [6, 6.07) is 7.48. The monoisotopic (exact) mass is 397 g/mol. The van der Waals surface area contributed by atoms with Crippen LogP contribution in [0.4, 0.5) is 8.78 Å². The highest BCUT2D eigenvalue weighted by Gasteiger charge is 2.20. The first-order valence-corrected chi connectivity index (χ1v) is 8.74. The summed E-state index contributed by atoms with van der Waals surface area (Å²) in [4.78, 5) is 27.2. The molecule has 148 valence electrons. The predicted molar refractivity (Wildman–Crippen MR) is 102 cm³/mol. The second-order valence-electron chi connectivity index (χ2n) is 6.69. The number of rotatable bonds is 4. The maximum Gasteiger partial charge on any atom is 0.255 e. The molecule has 0 aliphatic rings. The number of benzene rings is 2. The number of nitriles is 1. The molecule has 1 atom stereocenters. The highest BCUT2D eigenvalue weighted by atomic mass is 19.1. The van der Waals surface area contributed by atoms with Gasteiger partial charge in [0.05, 0.1) is 35.2 Å². The number of aromatic nitrogens is 1. The summed E-state index contributed by atoms with van der Waals surface area (Å²) < 4.78 is 28.0. The van der Waals surface area contributed by atoms with Gasteiger partial charge in [0, 0.05) is 10.9 Å². The second-order valence-corrected chi connectivity index (χ2v) is 6.69. The Morgan fingerprint density at radius 2 is 2.00 bits per heavy atom. The third-order valence-electron chi connectivity index (χ3n) is 4.75. The lowest BCUT2D eigenvalue weighted by molar-refractivity contribution is -0.121. The van der Waals surface area contributed by atoms with E-state index < -0.39 is 41.3 Å². The molecular formula is C21H17F2N3O3. The van der Waals surface area contributed by atoms with Crippen molar-refractivity contribution in [2.24, 2.45) is 0 Å². The van der Waals surface area contributed by atoms with E-state index in [1.54, 1.807) is 6.92 Å². The molecule has 0 bridgehead atoms. The molecule has 6 nitrogen and oxygen atoms in total. The highest BCUT2D eigenvalue weighted by molar-refractivity contribution is 5.90. The van der Waals surface area contributed by atoms with Gasteiger partial charge in [0.15, 0.2) is 0 Å². The Balaban J connectivity index is 1.87. The quantitative estimate of drug-likeness (QED) is 0.629. The van der Waals surface area contributed by atoms with Crippen LogP contribution in [0.1, 0.15) is 35.2 Å². The fraction of sp³-hybridized carbons (Fsp3) is 0.190. The number of amides is 1. The Bertz CT molecular complexity index is 1230. The first-order chi connectivity index (χ1) is 13.7.